The third-order valence-corrected chi connectivity index (χ3v) is 3.86. The largest absolute Gasteiger partial charge is 0.466 e. The minimum atomic E-state index is -0.0799. The summed E-state index contributed by atoms with van der Waals surface area (Å²) < 4.78 is 4.99. The van der Waals surface area contributed by atoms with Gasteiger partial charge in [-0.05, 0) is 44.7 Å². The second-order valence-corrected chi connectivity index (χ2v) is 5.14. The molecule has 1 saturated heterocycles. The van der Waals surface area contributed by atoms with Crippen LogP contribution in [0.5, 0.6) is 0 Å². The van der Waals surface area contributed by atoms with Crippen LogP contribution in [0, 0.1) is 0 Å². The van der Waals surface area contributed by atoms with Crippen molar-refractivity contribution in [1.82, 2.24) is 5.32 Å². The van der Waals surface area contributed by atoms with Crippen LogP contribution in [0.1, 0.15) is 44.6 Å². The predicted octanol–water partition coefficient (Wildman–Crippen LogP) is 3.00. The summed E-state index contributed by atoms with van der Waals surface area (Å²) >= 11 is 0. The smallest absolute Gasteiger partial charge is 0.305 e. The standard InChI is InChI=1S/C16H23NO2/c1-2-19-15(18)10-6-11-16(12-7-13-17-16)14-8-4-3-5-9-14/h3-5,8-9,17H,2,6-7,10-13H2,1H3. The van der Waals surface area contributed by atoms with E-state index in [2.05, 4.69) is 29.6 Å². The van der Waals surface area contributed by atoms with Gasteiger partial charge in [0.25, 0.3) is 0 Å². The van der Waals surface area contributed by atoms with Crippen LogP contribution in [0.15, 0.2) is 30.3 Å². The van der Waals surface area contributed by atoms with Crippen LogP contribution in [0.2, 0.25) is 0 Å². The molecule has 0 spiro atoms. The highest BCUT2D eigenvalue weighted by Gasteiger charge is 2.34. The Balaban J connectivity index is 1.95. The topological polar surface area (TPSA) is 38.3 Å². The Hall–Kier alpha value is -1.35. The van der Waals surface area contributed by atoms with Crippen molar-refractivity contribution < 1.29 is 9.53 Å². The molecule has 1 aromatic rings. The zero-order valence-corrected chi connectivity index (χ0v) is 11.7. The van der Waals surface area contributed by atoms with Crippen molar-refractivity contribution >= 4 is 5.97 Å². The van der Waals surface area contributed by atoms with Gasteiger partial charge < -0.3 is 10.1 Å². The Morgan fingerprint density at radius 1 is 1.37 bits per heavy atom. The van der Waals surface area contributed by atoms with Crippen molar-refractivity contribution in [1.29, 1.82) is 0 Å². The fourth-order valence-electron chi connectivity index (χ4n) is 2.94. The van der Waals surface area contributed by atoms with Crippen molar-refractivity contribution in [2.45, 2.75) is 44.6 Å². The molecule has 0 bridgehead atoms. The molecule has 1 fully saturated rings. The van der Waals surface area contributed by atoms with Crippen molar-refractivity contribution in [3.63, 3.8) is 0 Å². The zero-order chi connectivity index (χ0) is 13.6. The number of carbonyl (C=O) groups is 1. The third-order valence-electron chi connectivity index (χ3n) is 3.86. The van der Waals surface area contributed by atoms with Crippen molar-refractivity contribution in [3.05, 3.63) is 35.9 Å². The van der Waals surface area contributed by atoms with Gasteiger partial charge in [-0.3, -0.25) is 4.79 Å². The monoisotopic (exact) mass is 261 g/mol. The number of hydrogen-bond donors (Lipinski definition) is 1. The molecule has 1 aromatic carbocycles. The zero-order valence-electron chi connectivity index (χ0n) is 11.7. The van der Waals surface area contributed by atoms with Gasteiger partial charge in [-0.2, -0.15) is 0 Å². The summed E-state index contributed by atoms with van der Waals surface area (Å²) in [6.07, 6.45) is 4.74. The minimum Gasteiger partial charge on any atom is -0.466 e. The van der Waals surface area contributed by atoms with Crippen LogP contribution < -0.4 is 5.32 Å². The second-order valence-electron chi connectivity index (χ2n) is 5.14. The highest BCUT2D eigenvalue weighted by atomic mass is 16.5. The van der Waals surface area contributed by atoms with E-state index in [-0.39, 0.29) is 11.5 Å². The maximum atomic E-state index is 11.4. The molecule has 1 unspecified atom stereocenters. The van der Waals surface area contributed by atoms with Crippen LogP contribution in [0.4, 0.5) is 0 Å². The maximum absolute atomic E-state index is 11.4. The number of ether oxygens (including phenoxy) is 1. The van der Waals surface area contributed by atoms with E-state index in [0.717, 1.165) is 25.8 Å². The lowest BCUT2D eigenvalue weighted by molar-refractivity contribution is -0.143. The number of hydrogen-bond acceptors (Lipinski definition) is 3. The molecule has 0 aliphatic carbocycles. The lowest BCUT2D eigenvalue weighted by atomic mass is 9.84. The number of nitrogens with one attached hydrogen (secondary N) is 1. The van der Waals surface area contributed by atoms with Gasteiger partial charge in [0.05, 0.1) is 6.61 Å². The summed E-state index contributed by atoms with van der Waals surface area (Å²) in [4.78, 5) is 11.4. The molecule has 0 amide bonds. The van der Waals surface area contributed by atoms with Crippen LogP contribution in [0.25, 0.3) is 0 Å². The Labute approximate surface area is 115 Å². The average molecular weight is 261 g/mol. The number of benzene rings is 1. The van der Waals surface area contributed by atoms with E-state index in [1.54, 1.807) is 0 Å². The van der Waals surface area contributed by atoms with Gasteiger partial charge in [-0.1, -0.05) is 30.3 Å². The van der Waals surface area contributed by atoms with E-state index >= 15 is 0 Å². The first-order valence-electron chi connectivity index (χ1n) is 7.23. The summed E-state index contributed by atoms with van der Waals surface area (Å²) in [6.45, 7) is 3.39. The van der Waals surface area contributed by atoms with Crippen LogP contribution in [-0.2, 0) is 15.1 Å². The average Bonchev–Trinajstić information content (AvgIpc) is 2.90. The summed E-state index contributed by atoms with van der Waals surface area (Å²) in [6, 6.07) is 10.6. The summed E-state index contributed by atoms with van der Waals surface area (Å²) in [7, 11) is 0. The first kappa shape index (κ1) is 14.1. The van der Waals surface area contributed by atoms with Crippen LogP contribution in [0.3, 0.4) is 0 Å². The van der Waals surface area contributed by atoms with Gasteiger partial charge in [0.1, 0.15) is 0 Å². The van der Waals surface area contributed by atoms with E-state index < -0.39 is 0 Å². The molecule has 1 heterocycles. The van der Waals surface area contributed by atoms with E-state index in [9.17, 15) is 4.79 Å². The fourth-order valence-corrected chi connectivity index (χ4v) is 2.94. The van der Waals surface area contributed by atoms with Gasteiger partial charge in [-0.15, -0.1) is 0 Å². The minimum absolute atomic E-state index is 0.0632. The number of carbonyl (C=O) groups excluding carboxylic acids is 1. The normalized spacial score (nSPS) is 22.4. The molecule has 1 aliphatic rings. The molecule has 0 aromatic heterocycles. The van der Waals surface area contributed by atoms with E-state index in [1.165, 1.54) is 12.0 Å². The van der Waals surface area contributed by atoms with E-state index in [4.69, 9.17) is 4.74 Å². The molecule has 104 valence electrons. The highest BCUT2D eigenvalue weighted by Crippen LogP contribution is 2.35. The van der Waals surface area contributed by atoms with E-state index in [1.807, 2.05) is 13.0 Å². The molecule has 3 heteroatoms. The van der Waals surface area contributed by atoms with Crippen LogP contribution in [-0.4, -0.2) is 19.1 Å². The molecule has 0 radical (unpaired) electrons. The SMILES string of the molecule is CCOC(=O)CCCC1(c2ccccc2)CCCN1. The number of rotatable bonds is 6. The maximum Gasteiger partial charge on any atom is 0.305 e. The third kappa shape index (κ3) is 3.57. The molecule has 3 nitrogen and oxygen atoms in total. The van der Waals surface area contributed by atoms with Crippen molar-refractivity contribution in [2.24, 2.45) is 0 Å². The molecule has 0 saturated carbocycles. The lowest BCUT2D eigenvalue weighted by Gasteiger charge is -2.30. The lowest BCUT2D eigenvalue weighted by Crippen LogP contribution is -2.36. The van der Waals surface area contributed by atoms with Crippen molar-refractivity contribution in [3.8, 4) is 0 Å². The molecular formula is C16H23NO2. The van der Waals surface area contributed by atoms with Crippen molar-refractivity contribution in [2.75, 3.05) is 13.2 Å². The molecule has 1 atom stereocenters. The molecular weight excluding hydrogens is 238 g/mol. The number of esters is 1. The first-order chi connectivity index (χ1) is 9.27. The molecule has 1 N–H and O–H groups in total. The Morgan fingerprint density at radius 3 is 2.79 bits per heavy atom. The van der Waals surface area contributed by atoms with E-state index in [0.29, 0.717) is 13.0 Å². The fraction of sp³-hybridized carbons (Fsp3) is 0.562. The van der Waals surface area contributed by atoms with Gasteiger partial charge in [-0.25, -0.2) is 0 Å². The first-order valence-corrected chi connectivity index (χ1v) is 7.23. The highest BCUT2D eigenvalue weighted by molar-refractivity contribution is 5.69. The summed E-state index contributed by atoms with van der Waals surface area (Å²) in [5, 5.41) is 3.64. The Bertz CT molecular complexity index is 396. The Kier molecular flexibility index (Phi) is 4.97. The Morgan fingerprint density at radius 2 is 2.16 bits per heavy atom. The predicted molar refractivity (Wildman–Crippen MR) is 75.8 cm³/mol. The summed E-state index contributed by atoms with van der Waals surface area (Å²) in [5.74, 6) is -0.0799. The van der Waals surface area contributed by atoms with Gasteiger partial charge in [0.2, 0.25) is 0 Å². The van der Waals surface area contributed by atoms with Gasteiger partial charge in [0.15, 0.2) is 0 Å². The van der Waals surface area contributed by atoms with Gasteiger partial charge >= 0.3 is 5.97 Å². The molecule has 19 heavy (non-hydrogen) atoms. The quantitative estimate of drug-likeness (QED) is 0.800. The van der Waals surface area contributed by atoms with Crippen LogP contribution >= 0.6 is 0 Å². The molecule has 1 aliphatic heterocycles. The molecule has 2 rings (SSSR count). The summed E-state index contributed by atoms with van der Waals surface area (Å²) in [5.41, 5.74) is 1.41. The second kappa shape index (κ2) is 6.71. The van der Waals surface area contributed by atoms with Gasteiger partial charge in [0, 0.05) is 12.0 Å².